The van der Waals surface area contributed by atoms with Crippen LogP contribution in [0.4, 0.5) is 0 Å². The van der Waals surface area contributed by atoms with Gasteiger partial charge in [0.05, 0.1) is 42.9 Å². The zero-order chi connectivity index (χ0) is 29.7. The van der Waals surface area contributed by atoms with Crippen LogP contribution in [0.2, 0.25) is 0 Å². The predicted molar refractivity (Wildman–Crippen MR) is 148 cm³/mol. The van der Waals surface area contributed by atoms with E-state index >= 15 is 0 Å². The van der Waals surface area contributed by atoms with Crippen molar-refractivity contribution in [2.75, 3.05) is 20.8 Å². The number of methoxy groups -OCH3 is 2. The van der Waals surface area contributed by atoms with Crippen molar-refractivity contribution in [2.24, 2.45) is 50.2 Å². The van der Waals surface area contributed by atoms with E-state index in [2.05, 4.69) is 26.8 Å². The summed E-state index contributed by atoms with van der Waals surface area (Å²) in [5.74, 6) is -1.42. The molecule has 0 aliphatic heterocycles. The van der Waals surface area contributed by atoms with Crippen LogP contribution in [-0.2, 0) is 19.1 Å². The van der Waals surface area contributed by atoms with Gasteiger partial charge in [0.2, 0.25) is 0 Å². The van der Waals surface area contributed by atoms with Gasteiger partial charge in [-0.15, -0.1) is 0 Å². The largest absolute Gasteiger partial charge is 0.481 e. The van der Waals surface area contributed by atoms with Crippen LogP contribution in [0.5, 0.6) is 0 Å². The molecule has 8 heteroatoms. The number of hydrogen-bond donors (Lipinski definition) is 4. The molecule has 12 unspecified atom stereocenters. The first-order chi connectivity index (χ1) is 18.5. The first-order valence-corrected chi connectivity index (χ1v) is 15.1. The molecule has 0 spiro atoms. The van der Waals surface area contributed by atoms with Crippen LogP contribution < -0.4 is 0 Å². The molecule has 8 nitrogen and oxygen atoms in total. The molecule has 0 aromatic carbocycles. The maximum absolute atomic E-state index is 13.0. The van der Waals surface area contributed by atoms with Gasteiger partial charge >= 0.3 is 11.9 Å². The molecule has 0 aromatic rings. The Labute approximate surface area is 238 Å². The van der Waals surface area contributed by atoms with Gasteiger partial charge in [0.1, 0.15) is 0 Å². The molecule has 4 fully saturated rings. The van der Waals surface area contributed by atoms with Crippen LogP contribution in [0.3, 0.4) is 0 Å². The Hall–Kier alpha value is -1.48. The summed E-state index contributed by atoms with van der Waals surface area (Å²) in [6.45, 7) is 10.4. The summed E-state index contributed by atoms with van der Waals surface area (Å²) >= 11 is 0. The summed E-state index contributed by atoms with van der Waals surface area (Å²) in [6.07, 6.45) is 4.55. The molecule has 0 saturated heterocycles. The Morgan fingerprint density at radius 1 is 0.975 bits per heavy atom. The zero-order valence-corrected chi connectivity index (χ0v) is 25.3. The van der Waals surface area contributed by atoms with Crippen molar-refractivity contribution >= 4 is 11.9 Å². The van der Waals surface area contributed by atoms with E-state index in [0.29, 0.717) is 32.1 Å². The fourth-order valence-electron chi connectivity index (χ4n) is 11.3. The van der Waals surface area contributed by atoms with Crippen LogP contribution in [0.25, 0.3) is 0 Å². The molecule has 4 N–H and O–H groups in total. The minimum atomic E-state index is -1.00. The van der Waals surface area contributed by atoms with Crippen LogP contribution >= 0.6 is 0 Å². The second-order valence-corrected chi connectivity index (χ2v) is 15.3. The summed E-state index contributed by atoms with van der Waals surface area (Å²) in [5, 5.41) is 43.4. The summed E-state index contributed by atoms with van der Waals surface area (Å²) < 4.78 is 11.5. The highest BCUT2D eigenvalue weighted by Crippen LogP contribution is 2.76. The van der Waals surface area contributed by atoms with Gasteiger partial charge in [-0.1, -0.05) is 39.3 Å². The minimum absolute atomic E-state index is 0.0153. The number of aliphatic carboxylic acids is 1. The number of rotatable bonds is 4. The lowest BCUT2D eigenvalue weighted by Gasteiger charge is -2.72. The van der Waals surface area contributed by atoms with Crippen LogP contribution in [-0.4, -0.2) is 71.5 Å². The quantitative estimate of drug-likeness (QED) is 0.299. The van der Waals surface area contributed by atoms with Gasteiger partial charge in [0.15, 0.2) is 0 Å². The highest BCUT2D eigenvalue weighted by atomic mass is 16.5. The average Bonchev–Trinajstić information content (AvgIpc) is 2.91. The number of esters is 1. The summed E-state index contributed by atoms with van der Waals surface area (Å²) in [5.41, 5.74) is -2.47. The number of carboxylic acids is 1. The Bertz CT molecular complexity index is 1100. The Morgan fingerprint density at radius 2 is 1.62 bits per heavy atom. The minimum Gasteiger partial charge on any atom is -0.481 e. The van der Waals surface area contributed by atoms with E-state index in [0.717, 1.165) is 24.8 Å². The number of carbonyl (C=O) groups is 2. The summed E-state index contributed by atoms with van der Waals surface area (Å²) in [4.78, 5) is 26.0. The van der Waals surface area contributed by atoms with E-state index < -0.39 is 39.8 Å². The maximum atomic E-state index is 13.0. The van der Waals surface area contributed by atoms with E-state index in [9.17, 15) is 30.0 Å². The van der Waals surface area contributed by atoms with Gasteiger partial charge in [0.25, 0.3) is 0 Å². The van der Waals surface area contributed by atoms with E-state index in [-0.39, 0.29) is 47.3 Å². The van der Waals surface area contributed by atoms with Crippen molar-refractivity contribution < 1.29 is 39.5 Å². The number of allylic oxidation sites excluding steroid dienone is 1. The van der Waals surface area contributed by atoms with Gasteiger partial charge in [-0.25, -0.2) is 0 Å². The van der Waals surface area contributed by atoms with Crippen molar-refractivity contribution in [1.82, 2.24) is 0 Å². The molecule has 4 saturated carbocycles. The van der Waals surface area contributed by atoms with E-state index in [4.69, 9.17) is 9.47 Å². The van der Waals surface area contributed by atoms with Crippen LogP contribution in [0.1, 0.15) is 86.0 Å². The molecule has 0 amide bonds. The molecule has 5 aliphatic carbocycles. The number of ether oxygens (including phenoxy) is 2. The number of fused-ring (bicyclic) bond motifs is 7. The first-order valence-electron chi connectivity index (χ1n) is 15.1. The number of carbonyl (C=O) groups excluding carboxylic acids is 1. The van der Waals surface area contributed by atoms with Crippen molar-refractivity contribution in [3.63, 3.8) is 0 Å². The lowest BCUT2D eigenvalue weighted by atomic mass is 9.33. The standard InChI is InChI=1S/C32H50O8/c1-27(26(38)40-7)10-12-32(25(36)37)13-11-30(4)18(19(32)15-27)14-21(39-6)23-28(2)16-20(34)24(35)29(3,17-33)22(28)8-9-31(23,30)5/h14,19-24,33-35H,8-13,15-17H2,1-7H3,(H,36,37). The number of carboxylic acid groups (broad SMARTS) is 1. The van der Waals surface area contributed by atoms with Crippen molar-refractivity contribution in [1.29, 1.82) is 0 Å². The Kier molecular flexibility index (Phi) is 6.94. The molecule has 0 aromatic heterocycles. The van der Waals surface area contributed by atoms with Crippen LogP contribution in [0.15, 0.2) is 11.6 Å². The monoisotopic (exact) mass is 562 g/mol. The fourth-order valence-corrected chi connectivity index (χ4v) is 11.3. The van der Waals surface area contributed by atoms with Gasteiger partial charge in [-0.3, -0.25) is 9.59 Å². The third kappa shape index (κ3) is 3.51. The smallest absolute Gasteiger partial charge is 0.311 e. The second-order valence-electron chi connectivity index (χ2n) is 15.3. The molecule has 226 valence electrons. The molecule has 0 heterocycles. The Balaban J connectivity index is 1.68. The normalized spacial score (nSPS) is 53.7. The van der Waals surface area contributed by atoms with Crippen molar-refractivity contribution in [3.8, 4) is 0 Å². The molecule has 12 atom stereocenters. The summed E-state index contributed by atoms with van der Waals surface area (Å²) in [6, 6.07) is 0. The molecule has 5 aliphatic rings. The molecule has 0 radical (unpaired) electrons. The second kappa shape index (κ2) is 9.26. The lowest BCUT2D eigenvalue weighted by molar-refractivity contribution is -0.260. The SMILES string of the molecule is COC(=O)C1(C)CCC2(C(=O)O)CCC3(C)C(=CC(OC)C4C5(C)CC(O)C(O)C(C)(CO)C5CCC43C)C2C1. The van der Waals surface area contributed by atoms with Gasteiger partial charge in [0, 0.05) is 18.4 Å². The van der Waals surface area contributed by atoms with Gasteiger partial charge in [-0.2, -0.15) is 0 Å². The zero-order valence-electron chi connectivity index (χ0n) is 25.3. The number of hydrogen-bond acceptors (Lipinski definition) is 7. The Morgan fingerprint density at radius 3 is 2.20 bits per heavy atom. The highest BCUT2D eigenvalue weighted by Gasteiger charge is 2.72. The van der Waals surface area contributed by atoms with Crippen molar-refractivity contribution in [2.45, 2.75) is 104 Å². The fraction of sp³-hybridized carbons (Fsp3) is 0.875. The molecular formula is C32H50O8. The predicted octanol–water partition coefficient (Wildman–Crippen LogP) is 3.95. The lowest BCUT2D eigenvalue weighted by Crippen LogP contribution is -2.70. The molecule has 40 heavy (non-hydrogen) atoms. The topological polar surface area (TPSA) is 134 Å². The number of aliphatic hydroxyl groups is 3. The molecule has 0 bridgehead atoms. The molecular weight excluding hydrogens is 512 g/mol. The van der Waals surface area contributed by atoms with Gasteiger partial charge < -0.3 is 29.9 Å². The third-order valence-corrected chi connectivity index (χ3v) is 13.8. The summed E-state index contributed by atoms with van der Waals surface area (Å²) in [7, 11) is 3.10. The maximum Gasteiger partial charge on any atom is 0.311 e. The molecule has 5 rings (SSSR count). The van der Waals surface area contributed by atoms with Gasteiger partial charge in [-0.05, 0) is 86.4 Å². The average molecular weight is 563 g/mol. The first kappa shape index (κ1) is 30.0. The van der Waals surface area contributed by atoms with E-state index in [1.54, 1.807) is 7.11 Å². The van der Waals surface area contributed by atoms with Crippen molar-refractivity contribution in [3.05, 3.63) is 11.6 Å². The van der Waals surface area contributed by atoms with E-state index in [1.165, 1.54) is 7.11 Å². The van der Waals surface area contributed by atoms with E-state index in [1.807, 2.05) is 13.8 Å². The number of aliphatic hydroxyl groups excluding tert-OH is 3. The highest BCUT2D eigenvalue weighted by molar-refractivity contribution is 5.80. The van der Waals surface area contributed by atoms with Crippen LogP contribution in [0, 0.1) is 50.2 Å². The third-order valence-electron chi connectivity index (χ3n) is 13.8.